The molecule has 2 aromatic rings. The summed E-state index contributed by atoms with van der Waals surface area (Å²) in [6.07, 6.45) is -12.1. The summed E-state index contributed by atoms with van der Waals surface area (Å²) in [5.41, 5.74) is -0.108. The molecular formula is C33H35F7N2O3. The highest BCUT2D eigenvalue weighted by Crippen LogP contribution is 2.50. The van der Waals surface area contributed by atoms with E-state index in [-0.39, 0.29) is 24.3 Å². The molecule has 1 saturated heterocycles. The first-order chi connectivity index (χ1) is 20.8. The minimum absolute atomic E-state index is 0.0474. The summed E-state index contributed by atoms with van der Waals surface area (Å²) in [7, 11) is 3.38. The Morgan fingerprint density at radius 1 is 1.02 bits per heavy atom. The van der Waals surface area contributed by atoms with Crippen molar-refractivity contribution in [3.63, 3.8) is 0 Å². The Kier molecular flexibility index (Phi) is 8.29. The Hall–Kier alpha value is -3.54. The number of hydrogen-bond donors (Lipinski definition) is 0. The highest BCUT2D eigenvalue weighted by Gasteiger charge is 2.54. The Balaban J connectivity index is 1.56. The van der Waals surface area contributed by atoms with Crippen LogP contribution in [-0.2, 0) is 24.4 Å². The summed E-state index contributed by atoms with van der Waals surface area (Å²) in [5.74, 6) is -0.285. The first-order valence-electron chi connectivity index (χ1n) is 14.6. The first-order valence-corrected chi connectivity index (χ1v) is 14.6. The summed E-state index contributed by atoms with van der Waals surface area (Å²) in [5, 5.41) is 0. The van der Waals surface area contributed by atoms with Gasteiger partial charge in [0.15, 0.2) is 0 Å². The molecule has 0 spiro atoms. The molecule has 0 N–H and O–H groups in total. The number of fused-ring (bicyclic) bond motifs is 1. The summed E-state index contributed by atoms with van der Waals surface area (Å²) < 4.78 is 109. The number of cyclic esters (lactones) is 1. The van der Waals surface area contributed by atoms with E-state index in [0.717, 1.165) is 17.2 Å². The average molecular weight is 641 g/mol. The second-order valence-corrected chi connectivity index (χ2v) is 12.8. The second-order valence-electron chi connectivity index (χ2n) is 12.8. The molecule has 244 valence electrons. The predicted molar refractivity (Wildman–Crippen MR) is 154 cm³/mol. The summed E-state index contributed by atoms with van der Waals surface area (Å²) in [6, 6.07) is 6.06. The van der Waals surface area contributed by atoms with E-state index in [1.165, 1.54) is 25.0 Å². The fourth-order valence-corrected chi connectivity index (χ4v) is 6.76. The van der Waals surface area contributed by atoms with Gasteiger partial charge in [0.2, 0.25) is 0 Å². The number of rotatable bonds is 6. The van der Waals surface area contributed by atoms with Crippen LogP contribution >= 0.6 is 0 Å². The Morgan fingerprint density at radius 2 is 1.67 bits per heavy atom. The predicted octanol–water partition coefficient (Wildman–Crippen LogP) is 8.67. The number of carbonyl (C=O) groups is 1. The van der Waals surface area contributed by atoms with Crippen LogP contribution in [0.15, 0.2) is 47.6 Å². The number of methoxy groups -OCH3 is 1. The molecule has 0 radical (unpaired) electrons. The van der Waals surface area contributed by atoms with Crippen LogP contribution in [0.3, 0.4) is 0 Å². The van der Waals surface area contributed by atoms with Crippen LogP contribution in [0.1, 0.15) is 62.3 Å². The molecule has 5 rings (SSSR count). The van der Waals surface area contributed by atoms with Crippen LogP contribution in [0, 0.1) is 11.2 Å². The van der Waals surface area contributed by atoms with Crippen molar-refractivity contribution in [2.45, 2.75) is 84.2 Å². The molecule has 2 aliphatic heterocycles. The van der Waals surface area contributed by atoms with E-state index in [1.54, 1.807) is 13.0 Å². The summed E-state index contributed by atoms with van der Waals surface area (Å²) in [4.78, 5) is 16.8. The minimum atomic E-state index is -5.03. The molecule has 2 heterocycles. The van der Waals surface area contributed by atoms with E-state index in [1.807, 2.05) is 33.0 Å². The number of alkyl halides is 6. The zero-order chi connectivity index (χ0) is 33.2. The third-order valence-corrected chi connectivity index (χ3v) is 9.00. The molecule has 45 heavy (non-hydrogen) atoms. The van der Waals surface area contributed by atoms with Gasteiger partial charge < -0.3 is 9.47 Å². The number of allylic oxidation sites excluding steroid dienone is 3. The highest BCUT2D eigenvalue weighted by atomic mass is 19.4. The van der Waals surface area contributed by atoms with E-state index in [2.05, 4.69) is 4.90 Å². The standard InChI is InChI=1S/C33H35F7N2O3/c1-17(2)24-10-26(28(44-6)11-27(24)34)25-8-20-15-41(5)14-19(20)7-21(25)16-42-18(3)29(45-30(42)43)31(4)12-22(32(35,36)37)9-23(13-31)33(38,39)40/h7-12,17-18,29H,13-16H2,1-6H3/t18-,29-,31?/m0/s1. The van der Waals surface area contributed by atoms with Gasteiger partial charge in [0.05, 0.1) is 25.3 Å². The maximum atomic E-state index is 14.9. The van der Waals surface area contributed by atoms with Gasteiger partial charge in [0.1, 0.15) is 17.7 Å². The lowest BCUT2D eigenvalue weighted by Gasteiger charge is -2.38. The van der Waals surface area contributed by atoms with Gasteiger partial charge in [-0.2, -0.15) is 26.3 Å². The SMILES string of the molecule is COc1cc(F)c(C(C)C)cc1-c1cc2c(cc1CN1C(=O)O[C@H](C3(C)C=C(C(F)(F)F)C=C(C(F)(F)F)C3)[C@@H]1C)CN(C)C2. The molecule has 1 aliphatic carbocycles. The zero-order valence-corrected chi connectivity index (χ0v) is 25.8. The Labute approximate surface area is 257 Å². The minimum Gasteiger partial charge on any atom is -0.496 e. The largest absolute Gasteiger partial charge is 0.496 e. The fourth-order valence-electron chi connectivity index (χ4n) is 6.76. The molecule has 0 bridgehead atoms. The van der Waals surface area contributed by atoms with Gasteiger partial charge in [-0.25, -0.2) is 9.18 Å². The van der Waals surface area contributed by atoms with E-state index < -0.39 is 59.4 Å². The number of carbonyl (C=O) groups excluding carboxylic acids is 1. The van der Waals surface area contributed by atoms with Gasteiger partial charge >= 0.3 is 18.4 Å². The van der Waals surface area contributed by atoms with Gasteiger partial charge in [-0.15, -0.1) is 0 Å². The molecule has 1 fully saturated rings. The van der Waals surface area contributed by atoms with E-state index in [0.29, 0.717) is 35.3 Å². The normalized spacial score (nSPS) is 24.1. The lowest BCUT2D eigenvalue weighted by molar-refractivity contribution is -0.105. The van der Waals surface area contributed by atoms with Crippen LogP contribution in [0.5, 0.6) is 5.75 Å². The molecule has 1 unspecified atom stereocenters. The third kappa shape index (κ3) is 6.17. The summed E-state index contributed by atoms with van der Waals surface area (Å²) >= 11 is 0. The van der Waals surface area contributed by atoms with Crippen LogP contribution in [0.2, 0.25) is 0 Å². The molecule has 0 aromatic heterocycles. The topological polar surface area (TPSA) is 42.0 Å². The molecule has 3 aliphatic rings. The van der Waals surface area contributed by atoms with Gasteiger partial charge in [-0.05, 0) is 72.3 Å². The number of halogens is 7. The van der Waals surface area contributed by atoms with Gasteiger partial charge in [0, 0.05) is 35.7 Å². The first kappa shape index (κ1) is 32.8. The van der Waals surface area contributed by atoms with Crippen molar-refractivity contribution < 1.29 is 45.0 Å². The monoisotopic (exact) mass is 640 g/mol. The lowest BCUT2D eigenvalue weighted by atomic mass is 9.71. The zero-order valence-electron chi connectivity index (χ0n) is 25.8. The van der Waals surface area contributed by atoms with Crippen molar-refractivity contribution >= 4 is 6.09 Å². The van der Waals surface area contributed by atoms with Crippen LogP contribution in [0.25, 0.3) is 11.1 Å². The molecular weight excluding hydrogens is 605 g/mol. The van der Waals surface area contributed by atoms with Crippen molar-refractivity contribution in [3.05, 3.63) is 75.6 Å². The van der Waals surface area contributed by atoms with Crippen molar-refractivity contribution in [1.29, 1.82) is 0 Å². The maximum absolute atomic E-state index is 14.9. The van der Waals surface area contributed by atoms with Gasteiger partial charge in [-0.1, -0.05) is 32.9 Å². The van der Waals surface area contributed by atoms with E-state index >= 15 is 0 Å². The van der Waals surface area contributed by atoms with E-state index in [9.17, 15) is 35.5 Å². The van der Waals surface area contributed by atoms with Crippen LogP contribution in [0.4, 0.5) is 35.5 Å². The molecule has 3 atom stereocenters. The summed E-state index contributed by atoms with van der Waals surface area (Å²) in [6.45, 7) is 7.78. The number of ether oxygens (including phenoxy) is 2. The van der Waals surface area contributed by atoms with Gasteiger partial charge in [0.25, 0.3) is 0 Å². The molecule has 12 heteroatoms. The number of amides is 1. The average Bonchev–Trinajstić information content (AvgIpc) is 3.44. The quantitative estimate of drug-likeness (QED) is 0.297. The Morgan fingerprint density at radius 3 is 2.24 bits per heavy atom. The van der Waals surface area contributed by atoms with Crippen molar-refractivity contribution in [2.24, 2.45) is 5.41 Å². The number of benzene rings is 2. The lowest BCUT2D eigenvalue weighted by Crippen LogP contribution is -2.44. The maximum Gasteiger partial charge on any atom is 0.416 e. The van der Waals surface area contributed by atoms with Crippen molar-refractivity contribution in [3.8, 4) is 16.9 Å². The number of hydrogen-bond acceptors (Lipinski definition) is 4. The van der Waals surface area contributed by atoms with Crippen molar-refractivity contribution in [2.75, 3.05) is 14.2 Å². The molecule has 0 saturated carbocycles. The number of nitrogens with zero attached hydrogens (tertiary/aromatic N) is 2. The van der Waals surface area contributed by atoms with Crippen LogP contribution < -0.4 is 4.74 Å². The Bertz CT molecular complexity index is 1580. The highest BCUT2D eigenvalue weighted by molar-refractivity contribution is 5.77. The van der Waals surface area contributed by atoms with Crippen LogP contribution in [-0.4, -0.2) is 54.5 Å². The molecule has 2 aromatic carbocycles. The molecule has 1 amide bonds. The second kappa shape index (κ2) is 11.4. The third-order valence-electron chi connectivity index (χ3n) is 9.00. The smallest absolute Gasteiger partial charge is 0.416 e. The fraction of sp³-hybridized carbons (Fsp3) is 0.485. The van der Waals surface area contributed by atoms with Crippen molar-refractivity contribution in [1.82, 2.24) is 9.80 Å². The van der Waals surface area contributed by atoms with E-state index in [4.69, 9.17) is 9.47 Å². The van der Waals surface area contributed by atoms with Gasteiger partial charge in [-0.3, -0.25) is 9.80 Å². The molecule has 5 nitrogen and oxygen atoms in total.